The molecule has 1 saturated carbocycles. The summed E-state index contributed by atoms with van der Waals surface area (Å²) in [6.45, 7) is 2.11. The molecule has 20 heavy (non-hydrogen) atoms. The number of hydrogen-bond acceptors (Lipinski definition) is 3. The first-order chi connectivity index (χ1) is 9.17. The Balaban J connectivity index is 0.00000200. The topological polar surface area (TPSA) is 55.6 Å². The van der Waals surface area contributed by atoms with E-state index in [1.165, 1.54) is 44.9 Å². The quantitative estimate of drug-likeness (QED) is 0.871. The molecule has 1 spiro atoms. The van der Waals surface area contributed by atoms with Gasteiger partial charge in [0.2, 0.25) is 5.91 Å². The summed E-state index contributed by atoms with van der Waals surface area (Å²) >= 11 is 0. The molecule has 1 saturated heterocycles. The number of rotatable bonds is 3. The molecule has 1 atom stereocenters. The number of halogens is 1. The molecule has 0 aromatic heterocycles. The molecule has 0 aromatic rings. The third-order valence-electron chi connectivity index (χ3n) is 4.80. The second-order valence-electron chi connectivity index (χ2n) is 6.34. The average Bonchev–Trinajstić information content (AvgIpc) is 2.64. The van der Waals surface area contributed by atoms with Crippen molar-refractivity contribution >= 4 is 18.3 Å². The van der Waals surface area contributed by atoms with Crippen LogP contribution in [0.2, 0.25) is 0 Å². The summed E-state index contributed by atoms with van der Waals surface area (Å²) < 4.78 is 5.00. The highest BCUT2D eigenvalue weighted by Gasteiger charge is 2.38. The number of amides is 1. The third kappa shape index (κ3) is 4.34. The molecule has 1 heterocycles. The standard InChI is InChI=1S/C15H28N2O2.ClH/c1-19-11-13(16)14(18)17-10-6-9-15(12-17)7-4-2-3-5-8-15;/h13H,2-12,16H2,1H3;1H. The van der Waals surface area contributed by atoms with E-state index in [0.29, 0.717) is 12.0 Å². The molecule has 0 radical (unpaired) electrons. The van der Waals surface area contributed by atoms with Crippen LogP contribution in [0.4, 0.5) is 0 Å². The Morgan fingerprint density at radius 3 is 2.40 bits per heavy atom. The van der Waals surface area contributed by atoms with Crippen LogP contribution in [0.25, 0.3) is 0 Å². The van der Waals surface area contributed by atoms with Gasteiger partial charge in [-0.25, -0.2) is 0 Å². The molecule has 0 aromatic carbocycles. The number of carbonyl (C=O) groups is 1. The van der Waals surface area contributed by atoms with Crippen LogP contribution >= 0.6 is 12.4 Å². The number of carbonyl (C=O) groups excluding carboxylic acids is 1. The number of likely N-dealkylation sites (tertiary alicyclic amines) is 1. The van der Waals surface area contributed by atoms with Crippen LogP contribution < -0.4 is 5.73 Å². The fourth-order valence-electron chi connectivity index (χ4n) is 3.77. The number of piperidine rings is 1. The highest BCUT2D eigenvalue weighted by Crippen LogP contribution is 2.42. The van der Waals surface area contributed by atoms with E-state index in [1.807, 2.05) is 4.90 Å². The molecular weight excluding hydrogens is 276 g/mol. The summed E-state index contributed by atoms with van der Waals surface area (Å²) in [6, 6.07) is -0.495. The van der Waals surface area contributed by atoms with Crippen molar-refractivity contribution in [3.8, 4) is 0 Å². The van der Waals surface area contributed by atoms with E-state index in [4.69, 9.17) is 10.5 Å². The van der Waals surface area contributed by atoms with Crippen molar-refractivity contribution in [3.05, 3.63) is 0 Å². The van der Waals surface area contributed by atoms with Crippen LogP contribution in [-0.2, 0) is 9.53 Å². The van der Waals surface area contributed by atoms with Gasteiger partial charge in [-0.3, -0.25) is 4.79 Å². The van der Waals surface area contributed by atoms with Crippen molar-refractivity contribution in [2.45, 2.75) is 57.4 Å². The maximum Gasteiger partial charge on any atom is 0.241 e. The van der Waals surface area contributed by atoms with E-state index in [-0.39, 0.29) is 18.3 Å². The summed E-state index contributed by atoms with van der Waals surface area (Å²) in [5, 5.41) is 0. The summed E-state index contributed by atoms with van der Waals surface area (Å²) in [7, 11) is 1.59. The minimum atomic E-state index is -0.495. The largest absolute Gasteiger partial charge is 0.383 e. The minimum absolute atomic E-state index is 0. The molecule has 0 bridgehead atoms. The van der Waals surface area contributed by atoms with Crippen LogP contribution in [-0.4, -0.2) is 43.7 Å². The van der Waals surface area contributed by atoms with Crippen LogP contribution in [0.15, 0.2) is 0 Å². The molecule has 2 N–H and O–H groups in total. The first-order valence-corrected chi connectivity index (χ1v) is 7.70. The van der Waals surface area contributed by atoms with Gasteiger partial charge in [-0.1, -0.05) is 25.7 Å². The monoisotopic (exact) mass is 304 g/mol. The normalized spacial score (nSPS) is 23.8. The van der Waals surface area contributed by atoms with Crippen LogP contribution in [0.1, 0.15) is 51.4 Å². The van der Waals surface area contributed by atoms with Gasteiger partial charge in [0, 0.05) is 20.2 Å². The summed E-state index contributed by atoms with van der Waals surface area (Å²) in [5.41, 5.74) is 6.28. The molecule has 5 heteroatoms. The maximum atomic E-state index is 12.3. The molecule has 4 nitrogen and oxygen atoms in total. The Morgan fingerprint density at radius 2 is 1.80 bits per heavy atom. The van der Waals surface area contributed by atoms with Crippen LogP contribution in [0.3, 0.4) is 0 Å². The molecular formula is C15H29ClN2O2. The lowest BCUT2D eigenvalue weighted by atomic mass is 9.74. The van der Waals surface area contributed by atoms with Gasteiger partial charge in [0.25, 0.3) is 0 Å². The van der Waals surface area contributed by atoms with E-state index in [9.17, 15) is 4.79 Å². The second-order valence-corrected chi connectivity index (χ2v) is 6.34. The first kappa shape index (κ1) is 17.7. The average molecular weight is 305 g/mol. The molecule has 1 aliphatic carbocycles. The Morgan fingerprint density at radius 1 is 1.20 bits per heavy atom. The maximum absolute atomic E-state index is 12.3. The van der Waals surface area contributed by atoms with Gasteiger partial charge < -0.3 is 15.4 Å². The first-order valence-electron chi connectivity index (χ1n) is 7.70. The van der Waals surface area contributed by atoms with Crippen molar-refractivity contribution in [1.29, 1.82) is 0 Å². The Hall–Kier alpha value is -0.320. The van der Waals surface area contributed by atoms with Gasteiger partial charge in [-0.05, 0) is 31.1 Å². The van der Waals surface area contributed by atoms with Crippen LogP contribution in [0.5, 0.6) is 0 Å². The fraction of sp³-hybridized carbons (Fsp3) is 0.933. The fourth-order valence-corrected chi connectivity index (χ4v) is 3.77. The smallest absolute Gasteiger partial charge is 0.241 e. The number of nitrogens with zero attached hydrogens (tertiary/aromatic N) is 1. The summed E-state index contributed by atoms with van der Waals surface area (Å²) in [5.74, 6) is 0.0742. The Bertz CT molecular complexity index is 304. The lowest BCUT2D eigenvalue weighted by Gasteiger charge is -2.43. The van der Waals surface area contributed by atoms with Crippen molar-refractivity contribution in [3.63, 3.8) is 0 Å². The van der Waals surface area contributed by atoms with Crippen molar-refractivity contribution in [2.75, 3.05) is 26.8 Å². The zero-order valence-electron chi connectivity index (χ0n) is 12.6. The third-order valence-corrected chi connectivity index (χ3v) is 4.80. The Labute approximate surface area is 128 Å². The van der Waals surface area contributed by atoms with E-state index in [2.05, 4.69) is 0 Å². The van der Waals surface area contributed by atoms with E-state index >= 15 is 0 Å². The predicted molar refractivity (Wildman–Crippen MR) is 83.0 cm³/mol. The molecule has 1 amide bonds. The van der Waals surface area contributed by atoms with Crippen LogP contribution in [0, 0.1) is 5.41 Å². The number of methoxy groups -OCH3 is 1. The van der Waals surface area contributed by atoms with E-state index < -0.39 is 6.04 Å². The highest BCUT2D eigenvalue weighted by atomic mass is 35.5. The van der Waals surface area contributed by atoms with Crippen molar-refractivity contribution in [2.24, 2.45) is 11.1 Å². The predicted octanol–water partition coefficient (Wildman–Crippen LogP) is 2.34. The SMILES string of the molecule is COCC(N)C(=O)N1CCCC2(CCCCCC2)C1.Cl. The van der Waals surface area contributed by atoms with Gasteiger partial charge in [0.05, 0.1) is 6.61 Å². The molecule has 1 aliphatic heterocycles. The summed E-state index contributed by atoms with van der Waals surface area (Å²) in [6.07, 6.45) is 10.4. The summed E-state index contributed by atoms with van der Waals surface area (Å²) in [4.78, 5) is 14.3. The molecule has 2 fully saturated rings. The Kier molecular flexibility index (Phi) is 7.27. The number of ether oxygens (including phenoxy) is 1. The van der Waals surface area contributed by atoms with Crippen molar-refractivity contribution < 1.29 is 9.53 Å². The molecule has 118 valence electrons. The molecule has 2 rings (SSSR count). The molecule has 2 aliphatic rings. The minimum Gasteiger partial charge on any atom is -0.383 e. The van der Waals surface area contributed by atoms with Gasteiger partial charge >= 0.3 is 0 Å². The zero-order chi connectivity index (χ0) is 13.7. The van der Waals surface area contributed by atoms with Gasteiger partial charge in [-0.2, -0.15) is 0 Å². The zero-order valence-corrected chi connectivity index (χ0v) is 13.4. The van der Waals surface area contributed by atoms with Gasteiger partial charge in [0.1, 0.15) is 6.04 Å². The van der Waals surface area contributed by atoms with Gasteiger partial charge in [-0.15, -0.1) is 12.4 Å². The lowest BCUT2D eigenvalue weighted by Crippen LogP contribution is -2.52. The highest BCUT2D eigenvalue weighted by molar-refractivity contribution is 5.85. The molecule has 1 unspecified atom stereocenters. The van der Waals surface area contributed by atoms with Crippen molar-refractivity contribution in [1.82, 2.24) is 4.90 Å². The number of hydrogen-bond donors (Lipinski definition) is 1. The van der Waals surface area contributed by atoms with Gasteiger partial charge in [0.15, 0.2) is 0 Å². The van der Waals surface area contributed by atoms with E-state index in [1.54, 1.807) is 7.11 Å². The second kappa shape index (κ2) is 8.20. The number of nitrogens with two attached hydrogens (primary N) is 1. The lowest BCUT2D eigenvalue weighted by molar-refractivity contribution is -0.137. The van der Waals surface area contributed by atoms with E-state index in [0.717, 1.165) is 19.5 Å².